The van der Waals surface area contributed by atoms with Crippen molar-refractivity contribution in [2.45, 2.75) is 45.7 Å². The molecule has 0 aromatic carbocycles. The maximum atomic E-state index is 12.5. The van der Waals surface area contributed by atoms with Gasteiger partial charge in [0.25, 0.3) is 5.91 Å². The van der Waals surface area contributed by atoms with Gasteiger partial charge >= 0.3 is 0 Å². The van der Waals surface area contributed by atoms with Crippen molar-refractivity contribution in [3.63, 3.8) is 0 Å². The molecule has 29 heavy (non-hydrogen) atoms. The summed E-state index contributed by atoms with van der Waals surface area (Å²) in [4.78, 5) is 26.7. The van der Waals surface area contributed by atoms with Gasteiger partial charge in [-0.3, -0.25) is 9.59 Å². The van der Waals surface area contributed by atoms with E-state index in [2.05, 4.69) is 16.8 Å². The minimum Gasteiger partial charge on any atom is -0.454 e. The molecule has 1 aliphatic carbocycles. The lowest BCUT2D eigenvalue weighted by Gasteiger charge is -2.23. The molecule has 1 fully saturated rings. The van der Waals surface area contributed by atoms with Crippen LogP contribution in [0.3, 0.4) is 0 Å². The number of furan rings is 1. The summed E-state index contributed by atoms with van der Waals surface area (Å²) in [6.07, 6.45) is 5.72. The van der Waals surface area contributed by atoms with Gasteiger partial charge in [0, 0.05) is 44.6 Å². The largest absolute Gasteiger partial charge is 0.454 e. The summed E-state index contributed by atoms with van der Waals surface area (Å²) in [6, 6.07) is 7.54. The maximum Gasteiger partial charge on any atom is 0.286 e. The molecule has 7 nitrogen and oxygen atoms in total. The highest BCUT2D eigenvalue weighted by molar-refractivity contribution is 5.91. The Bertz CT molecular complexity index is 807. The summed E-state index contributed by atoms with van der Waals surface area (Å²) >= 11 is 0. The van der Waals surface area contributed by atoms with E-state index in [1.54, 1.807) is 13.2 Å². The average molecular weight is 402 g/mol. The highest BCUT2D eigenvalue weighted by Crippen LogP contribution is 2.31. The Hall–Kier alpha value is -2.54. The van der Waals surface area contributed by atoms with Crippen LogP contribution >= 0.6 is 0 Å². The van der Waals surface area contributed by atoms with E-state index in [1.165, 1.54) is 0 Å². The van der Waals surface area contributed by atoms with E-state index in [0.717, 1.165) is 37.9 Å². The van der Waals surface area contributed by atoms with Crippen molar-refractivity contribution in [3.8, 4) is 0 Å². The molecular formula is C22H31N3O4. The van der Waals surface area contributed by atoms with Crippen LogP contribution in [0.2, 0.25) is 0 Å². The third-order valence-electron chi connectivity index (χ3n) is 5.03. The molecule has 1 saturated carbocycles. The third kappa shape index (κ3) is 5.97. The van der Waals surface area contributed by atoms with Gasteiger partial charge in [0.2, 0.25) is 5.91 Å². The number of hydrogen-bond donors (Lipinski definition) is 1. The Morgan fingerprint density at radius 3 is 2.86 bits per heavy atom. The standard InChI is InChI=1S/C22H31N3O4/c1-3-12-25(22(27)17-7-8-17)15-18-6-4-13-24(18)16-19-9-10-20(29-19)21(26)23-11-5-14-28-2/h4,6,9-10,13,17H,3,5,7-8,11-12,14-16H2,1-2H3,(H,23,26). The fourth-order valence-corrected chi connectivity index (χ4v) is 3.33. The van der Waals surface area contributed by atoms with Crippen LogP contribution in [0.25, 0.3) is 0 Å². The smallest absolute Gasteiger partial charge is 0.286 e. The summed E-state index contributed by atoms with van der Waals surface area (Å²) < 4.78 is 12.8. The Kier molecular flexibility index (Phi) is 7.52. The molecule has 0 radical (unpaired) electrons. The summed E-state index contributed by atoms with van der Waals surface area (Å²) in [7, 11) is 1.64. The summed E-state index contributed by atoms with van der Waals surface area (Å²) in [5, 5.41) is 2.82. The Morgan fingerprint density at radius 2 is 2.14 bits per heavy atom. The minimum absolute atomic E-state index is 0.218. The first kappa shape index (κ1) is 21.2. The van der Waals surface area contributed by atoms with Crippen LogP contribution in [0.1, 0.15) is 54.6 Å². The lowest BCUT2D eigenvalue weighted by atomic mass is 10.3. The molecule has 158 valence electrons. The van der Waals surface area contributed by atoms with E-state index in [9.17, 15) is 9.59 Å². The summed E-state index contributed by atoms with van der Waals surface area (Å²) in [6.45, 7) is 5.15. The Morgan fingerprint density at radius 1 is 1.31 bits per heavy atom. The molecule has 1 N–H and O–H groups in total. The Labute approximate surface area is 172 Å². The van der Waals surface area contributed by atoms with Crippen LogP contribution in [0.4, 0.5) is 0 Å². The maximum absolute atomic E-state index is 12.5. The van der Waals surface area contributed by atoms with Crippen molar-refractivity contribution in [2.75, 3.05) is 26.8 Å². The van der Waals surface area contributed by atoms with E-state index in [1.807, 2.05) is 29.3 Å². The average Bonchev–Trinajstić information content (AvgIpc) is 3.32. The predicted octanol–water partition coefficient (Wildman–Crippen LogP) is 3.04. The van der Waals surface area contributed by atoms with Crippen molar-refractivity contribution >= 4 is 11.8 Å². The summed E-state index contributed by atoms with van der Waals surface area (Å²) in [5.41, 5.74) is 1.06. The number of amides is 2. The topological polar surface area (TPSA) is 76.7 Å². The number of nitrogens with one attached hydrogen (secondary N) is 1. The molecular weight excluding hydrogens is 370 g/mol. The molecule has 2 aromatic heterocycles. The highest BCUT2D eigenvalue weighted by Gasteiger charge is 2.33. The van der Waals surface area contributed by atoms with Crippen LogP contribution in [0.5, 0.6) is 0 Å². The van der Waals surface area contributed by atoms with Crippen molar-refractivity contribution in [1.29, 1.82) is 0 Å². The molecule has 7 heteroatoms. The van der Waals surface area contributed by atoms with Crippen LogP contribution in [-0.2, 0) is 22.6 Å². The van der Waals surface area contributed by atoms with Crippen molar-refractivity contribution in [1.82, 2.24) is 14.8 Å². The molecule has 1 aliphatic rings. The molecule has 0 bridgehead atoms. The second kappa shape index (κ2) is 10.3. The number of carbonyl (C=O) groups excluding carboxylic acids is 2. The zero-order valence-corrected chi connectivity index (χ0v) is 17.4. The zero-order valence-electron chi connectivity index (χ0n) is 17.4. The van der Waals surface area contributed by atoms with Gasteiger partial charge in [-0.2, -0.15) is 0 Å². The van der Waals surface area contributed by atoms with Gasteiger partial charge in [0.15, 0.2) is 5.76 Å². The quantitative estimate of drug-likeness (QED) is 0.555. The number of nitrogens with zero attached hydrogens (tertiary/aromatic N) is 2. The first-order valence-electron chi connectivity index (χ1n) is 10.4. The number of ether oxygens (including phenoxy) is 1. The number of rotatable bonds is 12. The predicted molar refractivity (Wildman–Crippen MR) is 110 cm³/mol. The zero-order chi connectivity index (χ0) is 20.6. The van der Waals surface area contributed by atoms with Gasteiger partial charge in [-0.05, 0) is 49.9 Å². The van der Waals surface area contributed by atoms with E-state index in [0.29, 0.717) is 37.8 Å². The third-order valence-corrected chi connectivity index (χ3v) is 5.03. The van der Waals surface area contributed by atoms with Crippen molar-refractivity contribution in [2.24, 2.45) is 5.92 Å². The molecule has 2 heterocycles. The molecule has 0 atom stereocenters. The molecule has 0 unspecified atom stereocenters. The van der Waals surface area contributed by atoms with Gasteiger partial charge in [0.1, 0.15) is 5.76 Å². The van der Waals surface area contributed by atoms with Gasteiger partial charge in [0.05, 0.1) is 13.1 Å². The van der Waals surface area contributed by atoms with Gasteiger partial charge in [-0.15, -0.1) is 0 Å². The molecule has 0 saturated heterocycles. The first-order valence-corrected chi connectivity index (χ1v) is 10.4. The molecule has 3 rings (SSSR count). The summed E-state index contributed by atoms with van der Waals surface area (Å²) in [5.74, 6) is 1.29. The monoisotopic (exact) mass is 401 g/mol. The Balaban J connectivity index is 1.59. The fraction of sp³-hybridized carbons (Fsp3) is 0.545. The molecule has 2 aromatic rings. The van der Waals surface area contributed by atoms with E-state index in [4.69, 9.17) is 9.15 Å². The van der Waals surface area contributed by atoms with Gasteiger partial charge in [-0.1, -0.05) is 6.92 Å². The minimum atomic E-state index is -0.218. The normalized spacial score (nSPS) is 13.4. The highest BCUT2D eigenvalue weighted by atomic mass is 16.5. The molecule has 0 aliphatic heterocycles. The number of aromatic nitrogens is 1. The first-order chi connectivity index (χ1) is 14.1. The van der Waals surface area contributed by atoms with E-state index >= 15 is 0 Å². The van der Waals surface area contributed by atoms with Gasteiger partial charge < -0.3 is 23.9 Å². The van der Waals surface area contributed by atoms with E-state index < -0.39 is 0 Å². The number of methoxy groups -OCH3 is 1. The lowest BCUT2D eigenvalue weighted by molar-refractivity contribution is -0.133. The van der Waals surface area contributed by atoms with Crippen LogP contribution in [-0.4, -0.2) is 48.1 Å². The van der Waals surface area contributed by atoms with Crippen molar-refractivity contribution in [3.05, 3.63) is 47.7 Å². The molecule has 0 spiro atoms. The fourth-order valence-electron chi connectivity index (χ4n) is 3.33. The van der Waals surface area contributed by atoms with Crippen LogP contribution < -0.4 is 5.32 Å². The van der Waals surface area contributed by atoms with Crippen LogP contribution in [0.15, 0.2) is 34.9 Å². The number of carbonyl (C=O) groups is 2. The van der Waals surface area contributed by atoms with Gasteiger partial charge in [-0.25, -0.2) is 0 Å². The second-order valence-electron chi connectivity index (χ2n) is 7.53. The van der Waals surface area contributed by atoms with Crippen LogP contribution in [0, 0.1) is 5.92 Å². The lowest BCUT2D eigenvalue weighted by Crippen LogP contribution is -2.33. The molecule has 2 amide bonds. The SMILES string of the molecule is CCCN(Cc1cccn1Cc1ccc(C(=O)NCCCOC)o1)C(=O)C1CC1. The number of hydrogen-bond acceptors (Lipinski definition) is 4. The second-order valence-corrected chi connectivity index (χ2v) is 7.53. The van der Waals surface area contributed by atoms with Crippen molar-refractivity contribution < 1.29 is 18.7 Å². The van der Waals surface area contributed by atoms with E-state index in [-0.39, 0.29) is 17.7 Å².